The summed E-state index contributed by atoms with van der Waals surface area (Å²) in [4.78, 5) is 18.0. The molecular weight excluding hydrogens is 420 g/mol. The standard InChI is InChI=1S/C22H14N2O4S2/c25-21-20(29-22-23-18-8-4-5-9-19(18)24(21)22)14-15-10-12-16(13-11-15)28-30(26,27)17-6-2-1-3-7-17/h1-14H/b20-14-. The second-order valence-corrected chi connectivity index (χ2v) is 9.11. The van der Waals surface area contributed by atoms with Crippen molar-refractivity contribution in [3.8, 4) is 5.75 Å². The van der Waals surface area contributed by atoms with Crippen LogP contribution in [-0.2, 0) is 10.1 Å². The molecule has 0 aliphatic heterocycles. The molecule has 3 aromatic carbocycles. The van der Waals surface area contributed by atoms with Gasteiger partial charge in [-0.15, -0.1) is 0 Å². The normalized spacial score (nSPS) is 12.6. The third-order valence-electron chi connectivity index (χ3n) is 4.56. The summed E-state index contributed by atoms with van der Waals surface area (Å²) in [5.41, 5.74) is 2.19. The van der Waals surface area contributed by atoms with Crippen molar-refractivity contribution in [3.05, 3.63) is 99.3 Å². The molecule has 0 saturated carbocycles. The van der Waals surface area contributed by atoms with Crippen molar-refractivity contribution in [2.45, 2.75) is 4.90 Å². The van der Waals surface area contributed by atoms with Crippen LogP contribution in [0.2, 0.25) is 0 Å². The van der Waals surface area contributed by atoms with E-state index in [1.807, 2.05) is 24.3 Å². The van der Waals surface area contributed by atoms with Crippen LogP contribution < -0.4 is 14.3 Å². The molecule has 0 aliphatic rings. The highest BCUT2D eigenvalue weighted by Gasteiger charge is 2.16. The van der Waals surface area contributed by atoms with Crippen LogP contribution in [0.15, 0.2) is 88.6 Å². The molecule has 0 atom stereocenters. The highest BCUT2D eigenvalue weighted by atomic mass is 32.2. The van der Waals surface area contributed by atoms with Gasteiger partial charge in [0.2, 0.25) is 0 Å². The number of para-hydroxylation sites is 2. The summed E-state index contributed by atoms with van der Waals surface area (Å²) >= 11 is 1.31. The Morgan fingerprint density at radius 2 is 1.60 bits per heavy atom. The molecule has 0 radical (unpaired) electrons. The van der Waals surface area contributed by atoms with Gasteiger partial charge in [0.25, 0.3) is 5.56 Å². The van der Waals surface area contributed by atoms with Crippen LogP contribution in [0.5, 0.6) is 5.75 Å². The molecule has 0 aliphatic carbocycles. The first-order chi connectivity index (χ1) is 14.5. The van der Waals surface area contributed by atoms with Gasteiger partial charge >= 0.3 is 10.1 Å². The van der Waals surface area contributed by atoms with E-state index in [1.165, 1.54) is 23.5 Å². The predicted octanol–water partition coefficient (Wildman–Crippen LogP) is 3.22. The smallest absolute Gasteiger partial charge is 0.339 e. The predicted molar refractivity (Wildman–Crippen MR) is 116 cm³/mol. The van der Waals surface area contributed by atoms with Crippen LogP contribution in [0.25, 0.3) is 22.1 Å². The average Bonchev–Trinajstić information content (AvgIpc) is 3.26. The number of rotatable bonds is 4. The van der Waals surface area contributed by atoms with E-state index in [9.17, 15) is 13.2 Å². The van der Waals surface area contributed by atoms with Gasteiger partial charge in [-0.1, -0.05) is 53.8 Å². The summed E-state index contributed by atoms with van der Waals surface area (Å²) in [7, 11) is -3.89. The highest BCUT2D eigenvalue weighted by Crippen LogP contribution is 2.20. The van der Waals surface area contributed by atoms with E-state index < -0.39 is 10.1 Å². The molecule has 0 spiro atoms. The molecule has 0 N–H and O–H groups in total. The quantitative estimate of drug-likeness (QED) is 0.406. The van der Waals surface area contributed by atoms with Crippen molar-refractivity contribution >= 4 is 43.5 Å². The minimum Gasteiger partial charge on any atom is -0.379 e. The van der Waals surface area contributed by atoms with Crippen LogP contribution in [0.1, 0.15) is 5.56 Å². The summed E-state index contributed by atoms with van der Waals surface area (Å²) in [6, 6.07) is 22.0. The lowest BCUT2D eigenvalue weighted by Gasteiger charge is -2.06. The Morgan fingerprint density at radius 3 is 2.37 bits per heavy atom. The largest absolute Gasteiger partial charge is 0.379 e. The van der Waals surface area contributed by atoms with Crippen LogP contribution in [0.4, 0.5) is 0 Å². The molecule has 0 amide bonds. The molecule has 30 heavy (non-hydrogen) atoms. The second kappa shape index (κ2) is 7.08. The van der Waals surface area contributed by atoms with Crippen LogP contribution in [0.3, 0.4) is 0 Å². The van der Waals surface area contributed by atoms with Gasteiger partial charge in [-0.2, -0.15) is 8.42 Å². The molecule has 0 bridgehead atoms. The molecule has 148 valence electrons. The van der Waals surface area contributed by atoms with E-state index >= 15 is 0 Å². The van der Waals surface area contributed by atoms with E-state index in [4.69, 9.17) is 4.18 Å². The van der Waals surface area contributed by atoms with Crippen LogP contribution >= 0.6 is 11.3 Å². The second-order valence-electron chi connectivity index (χ2n) is 6.55. The van der Waals surface area contributed by atoms with Gasteiger partial charge in [0.15, 0.2) is 4.96 Å². The van der Waals surface area contributed by atoms with Crippen molar-refractivity contribution in [1.82, 2.24) is 9.38 Å². The van der Waals surface area contributed by atoms with E-state index in [0.717, 1.165) is 16.6 Å². The van der Waals surface area contributed by atoms with Crippen LogP contribution in [0, 0.1) is 0 Å². The molecule has 2 heterocycles. The fourth-order valence-corrected chi connectivity index (χ4v) is 5.08. The van der Waals surface area contributed by atoms with Gasteiger partial charge in [0.05, 0.1) is 15.6 Å². The van der Waals surface area contributed by atoms with Crippen molar-refractivity contribution in [1.29, 1.82) is 0 Å². The Bertz CT molecular complexity index is 1590. The van der Waals surface area contributed by atoms with Gasteiger partial charge in [0, 0.05) is 0 Å². The minimum absolute atomic E-state index is 0.0887. The zero-order chi connectivity index (χ0) is 20.7. The number of nitrogens with zero attached hydrogens (tertiary/aromatic N) is 2. The summed E-state index contributed by atoms with van der Waals surface area (Å²) in [5.74, 6) is 0.199. The van der Waals surface area contributed by atoms with Crippen LogP contribution in [-0.4, -0.2) is 17.8 Å². The van der Waals surface area contributed by atoms with Gasteiger partial charge in [-0.25, -0.2) is 9.38 Å². The molecule has 6 nitrogen and oxygen atoms in total. The fraction of sp³-hybridized carbons (Fsp3) is 0. The number of aromatic nitrogens is 2. The number of fused-ring (bicyclic) bond motifs is 3. The van der Waals surface area contributed by atoms with Gasteiger partial charge in [-0.05, 0) is 48.0 Å². The summed E-state index contributed by atoms with van der Waals surface area (Å²) < 4.78 is 32.0. The maximum Gasteiger partial charge on any atom is 0.339 e. The molecule has 2 aromatic heterocycles. The van der Waals surface area contributed by atoms with Gasteiger partial charge in [-0.3, -0.25) is 4.79 Å². The number of imidazole rings is 1. The molecule has 0 unspecified atom stereocenters. The third kappa shape index (κ3) is 3.26. The molecular formula is C22H14N2O4S2. The maximum atomic E-state index is 12.8. The SMILES string of the molecule is O=c1/c(=C/c2ccc(OS(=O)(=O)c3ccccc3)cc2)sc2nc3ccccc3n12. The van der Waals surface area contributed by atoms with Crippen molar-refractivity contribution in [2.75, 3.05) is 0 Å². The minimum atomic E-state index is -3.89. The van der Waals surface area contributed by atoms with E-state index in [2.05, 4.69) is 4.98 Å². The number of benzene rings is 3. The summed E-state index contributed by atoms with van der Waals surface area (Å²) in [6.07, 6.45) is 1.76. The molecule has 5 aromatic rings. The summed E-state index contributed by atoms with van der Waals surface area (Å²) in [5, 5.41) is 0. The number of thiazole rings is 1. The Kier molecular flexibility index (Phi) is 4.38. The van der Waals surface area contributed by atoms with Crippen molar-refractivity contribution < 1.29 is 12.6 Å². The van der Waals surface area contributed by atoms with E-state index in [0.29, 0.717) is 9.49 Å². The molecule has 8 heteroatoms. The lowest BCUT2D eigenvalue weighted by Crippen LogP contribution is -2.22. The van der Waals surface area contributed by atoms with E-state index in [-0.39, 0.29) is 16.2 Å². The topological polar surface area (TPSA) is 77.7 Å². The highest BCUT2D eigenvalue weighted by molar-refractivity contribution is 7.87. The monoisotopic (exact) mass is 434 g/mol. The first-order valence-corrected chi connectivity index (χ1v) is 11.3. The fourth-order valence-electron chi connectivity index (χ4n) is 3.14. The van der Waals surface area contributed by atoms with Crippen molar-refractivity contribution in [3.63, 3.8) is 0 Å². The molecule has 5 rings (SSSR count). The Hall–Kier alpha value is -3.49. The Balaban J connectivity index is 1.47. The molecule has 0 fully saturated rings. The number of hydrogen-bond acceptors (Lipinski definition) is 6. The third-order valence-corrected chi connectivity index (χ3v) is 6.79. The first-order valence-electron chi connectivity index (χ1n) is 9.03. The lowest BCUT2D eigenvalue weighted by molar-refractivity contribution is 0.486. The van der Waals surface area contributed by atoms with Crippen molar-refractivity contribution in [2.24, 2.45) is 0 Å². The summed E-state index contributed by atoms with van der Waals surface area (Å²) in [6.45, 7) is 0. The average molecular weight is 434 g/mol. The first kappa shape index (κ1) is 18.5. The Labute approximate surface area is 175 Å². The maximum absolute atomic E-state index is 12.8. The van der Waals surface area contributed by atoms with E-state index in [1.54, 1.807) is 52.9 Å². The van der Waals surface area contributed by atoms with Gasteiger partial charge < -0.3 is 4.18 Å². The molecule has 0 saturated heterocycles. The zero-order valence-electron chi connectivity index (χ0n) is 15.4. The number of hydrogen-bond donors (Lipinski definition) is 0. The lowest BCUT2D eigenvalue weighted by atomic mass is 10.2. The van der Waals surface area contributed by atoms with Gasteiger partial charge in [0.1, 0.15) is 10.6 Å². The Morgan fingerprint density at radius 1 is 0.900 bits per heavy atom. The zero-order valence-corrected chi connectivity index (χ0v) is 17.1.